The van der Waals surface area contributed by atoms with Crippen molar-refractivity contribution in [1.29, 1.82) is 0 Å². The summed E-state index contributed by atoms with van der Waals surface area (Å²) in [6.07, 6.45) is 2.30. The molecule has 1 unspecified atom stereocenters. The summed E-state index contributed by atoms with van der Waals surface area (Å²) in [5.74, 6) is 0.898. The van der Waals surface area contributed by atoms with E-state index in [1.165, 1.54) is 23.2 Å². The van der Waals surface area contributed by atoms with Gasteiger partial charge in [-0.1, -0.05) is 74.0 Å². The first kappa shape index (κ1) is 18.1. The summed E-state index contributed by atoms with van der Waals surface area (Å²) in [7, 11) is 0. The lowest BCUT2D eigenvalue weighted by atomic mass is 10.1. The molecule has 0 N–H and O–H groups in total. The van der Waals surface area contributed by atoms with E-state index >= 15 is 0 Å². The first-order valence-electron chi connectivity index (χ1n) is 9.42. The maximum atomic E-state index is 6.24. The van der Waals surface area contributed by atoms with Gasteiger partial charge in [0.05, 0.1) is 0 Å². The monoisotopic (exact) mass is 345 g/mol. The smallest absolute Gasteiger partial charge is 0.169 e. The molecule has 1 atom stereocenters. The molecule has 0 aromatic heterocycles. The zero-order valence-corrected chi connectivity index (χ0v) is 15.6. The highest BCUT2D eigenvalue weighted by molar-refractivity contribution is 5.63. The van der Waals surface area contributed by atoms with Crippen molar-refractivity contribution in [3.8, 4) is 16.9 Å². The quantitative estimate of drug-likeness (QED) is 0.439. The normalized spacial score (nSPS) is 11.8. The molecule has 0 heterocycles. The van der Waals surface area contributed by atoms with Crippen LogP contribution in [0.3, 0.4) is 0 Å². The van der Waals surface area contributed by atoms with Crippen molar-refractivity contribution in [3.05, 3.63) is 84.9 Å². The van der Waals surface area contributed by atoms with E-state index in [4.69, 9.17) is 4.74 Å². The number of ether oxygens (including phenoxy) is 1. The van der Waals surface area contributed by atoms with E-state index in [1.54, 1.807) is 0 Å². The second-order valence-corrected chi connectivity index (χ2v) is 6.49. The highest BCUT2D eigenvalue weighted by atomic mass is 16.5. The molecule has 0 aliphatic rings. The lowest BCUT2D eigenvalue weighted by molar-refractivity contribution is 0.214. The predicted molar refractivity (Wildman–Crippen MR) is 111 cm³/mol. The van der Waals surface area contributed by atoms with Crippen LogP contribution in [-0.2, 0) is 0 Å². The Morgan fingerprint density at radius 1 is 0.769 bits per heavy atom. The van der Waals surface area contributed by atoms with Gasteiger partial charge in [0, 0.05) is 12.2 Å². The Hall–Kier alpha value is -2.74. The van der Waals surface area contributed by atoms with Crippen LogP contribution in [0, 0.1) is 0 Å². The topological polar surface area (TPSA) is 12.5 Å². The summed E-state index contributed by atoms with van der Waals surface area (Å²) in [6.45, 7) is 5.33. The number of rotatable bonds is 8. The van der Waals surface area contributed by atoms with Crippen LogP contribution in [0.1, 0.15) is 26.7 Å². The maximum Gasteiger partial charge on any atom is 0.169 e. The van der Waals surface area contributed by atoms with Crippen molar-refractivity contribution in [1.82, 2.24) is 0 Å². The second kappa shape index (κ2) is 9.10. The first-order valence-corrected chi connectivity index (χ1v) is 9.42. The molecule has 2 nitrogen and oxygen atoms in total. The highest BCUT2D eigenvalue weighted by Crippen LogP contribution is 2.24. The summed E-state index contributed by atoms with van der Waals surface area (Å²) in [5, 5.41) is 0. The molecule has 0 radical (unpaired) electrons. The molecule has 0 spiro atoms. The Kier molecular flexibility index (Phi) is 6.32. The van der Waals surface area contributed by atoms with Gasteiger partial charge in [-0.05, 0) is 48.7 Å². The van der Waals surface area contributed by atoms with Crippen LogP contribution < -0.4 is 9.64 Å². The summed E-state index contributed by atoms with van der Waals surface area (Å²) in [5.41, 5.74) is 3.63. The Bertz CT molecular complexity index is 768. The molecular weight excluding hydrogens is 318 g/mol. The number of nitrogens with zero attached hydrogens (tertiary/aromatic N) is 1. The predicted octanol–water partition coefficient (Wildman–Crippen LogP) is 6.39. The van der Waals surface area contributed by atoms with Gasteiger partial charge in [0.2, 0.25) is 0 Å². The SMILES string of the molecule is CCCCN(c1ccccc1)C(C)Oc1ccc(-c2ccccc2)cc1. The molecule has 3 aromatic carbocycles. The fourth-order valence-corrected chi connectivity index (χ4v) is 3.09. The minimum absolute atomic E-state index is 0.0217. The molecule has 26 heavy (non-hydrogen) atoms. The van der Waals surface area contributed by atoms with Crippen LogP contribution in [-0.4, -0.2) is 12.8 Å². The molecule has 0 saturated heterocycles. The molecular formula is C24H27NO. The number of anilines is 1. The van der Waals surface area contributed by atoms with Crippen LogP contribution in [0.5, 0.6) is 5.75 Å². The zero-order chi connectivity index (χ0) is 18.2. The molecule has 0 fully saturated rings. The van der Waals surface area contributed by atoms with E-state index in [1.807, 2.05) is 6.07 Å². The second-order valence-electron chi connectivity index (χ2n) is 6.49. The van der Waals surface area contributed by atoms with Gasteiger partial charge in [-0.15, -0.1) is 0 Å². The average molecular weight is 345 g/mol. The molecule has 3 rings (SSSR count). The number of para-hydroxylation sites is 1. The van der Waals surface area contributed by atoms with Crippen molar-refractivity contribution in [3.63, 3.8) is 0 Å². The average Bonchev–Trinajstić information content (AvgIpc) is 2.70. The minimum atomic E-state index is -0.0217. The highest BCUT2D eigenvalue weighted by Gasteiger charge is 2.15. The van der Waals surface area contributed by atoms with Gasteiger partial charge in [-0.25, -0.2) is 0 Å². The van der Waals surface area contributed by atoms with E-state index in [0.717, 1.165) is 18.7 Å². The molecule has 0 amide bonds. The van der Waals surface area contributed by atoms with Crippen molar-refractivity contribution in [2.24, 2.45) is 0 Å². The molecule has 134 valence electrons. The summed E-state index contributed by atoms with van der Waals surface area (Å²) in [4.78, 5) is 2.33. The van der Waals surface area contributed by atoms with Gasteiger partial charge in [-0.3, -0.25) is 0 Å². The molecule has 0 bridgehead atoms. The molecule has 0 aliphatic carbocycles. The van der Waals surface area contributed by atoms with Gasteiger partial charge < -0.3 is 9.64 Å². The van der Waals surface area contributed by atoms with Crippen LogP contribution in [0.4, 0.5) is 5.69 Å². The summed E-state index contributed by atoms with van der Waals surface area (Å²) in [6, 6.07) is 29.3. The van der Waals surface area contributed by atoms with Crippen LogP contribution in [0.25, 0.3) is 11.1 Å². The van der Waals surface area contributed by atoms with E-state index in [9.17, 15) is 0 Å². The Balaban J connectivity index is 1.71. The third-order valence-corrected chi connectivity index (χ3v) is 4.55. The van der Waals surface area contributed by atoms with Gasteiger partial charge in [0.15, 0.2) is 6.23 Å². The summed E-state index contributed by atoms with van der Waals surface area (Å²) < 4.78 is 6.24. The van der Waals surface area contributed by atoms with Crippen molar-refractivity contribution in [2.75, 3.05) is 11.4 Å². The maximum absolute atomic E-state index is 6.24. The molecule has 2 heteroatoms. The number of hydrogen-bond acceptors (Lipinski definition) is 2. The van der Waals surface area contributed by atoms with Gasteiger partial charge >= 0.3 is 0 Å². The molecule has 0 saturated carbocycles. The van der Waals surface area contributed by atoms with Crippen LogP contribution in [0.15, 0.2) is 84.9 Å². The van der Waals surface area contributed by atoms with E-state index < -0.39 is 0 Å². The fourth-order valence-electron chi connectivity index (χ4n) is 3.09. The Morgan fingerprint density at radius 2 is 1.35 bits per heavy atom. The lowest BCUT2D eigenvalue weighted by Crippen LogP contribution is -2.38. The third kappa shape index (κ3) is 4.66. The van der Waals surface area contributed by atoms with E-state index in [0.29, 0.717) is 0 Å². The zero-order valence-electron chi connectivity index (χ0n) is 15.6. The van der Waals surface area contributed by atoms with Crippen molar-refractivity contribution in [2.45, 2.75) is 32.9 Å². The van der Waals surface area contributed by atoms with Crippen LogP contribution in [0.2, 0.25) is 0 Å². The number of unbranched alkanes of at least 4 members (excludes halogenated alkanes) is 1. The molecule has 3 aromatic rings. The lowest BCUT2D eigenvalue weighted by Gasteiger charge is -2.31. The summed E-state index contributed by atoms with van der Waals surface area (Å²) >= 11 is 0. The van der Waals surface area contributed by atoms with Crippen LogP contribution >= 0.6 is 0 Å². The van der Waals surface area contributed by atoms with Gasteiger partial charge in [-0.2, -0.15) is 0 Å². The molecule has 0 aliphatic heterocycles. The Morgan fingerprint density at radius 3 is 1.96 bits per heavy atom. The standard InChI is InChI=1S/C24H27NO/c1-3-4-19-25(23-13-9-6-10-14-23)20(2)26-24-17-15-22(16-18-24)21-11-7-5-8-12-21/h5-18,20H,3-4,19H2,1-2H3. The fraction of sp³-hybridized carbons (Fsp3) is 0.250. The number of benzene rings is 3. The van der Waals surface area contributed by atoms with Gasteiger partial charge in [0.25, 0.3) is 0 Å². The number of hydrogen-bond donors (Lipinski definition) is 0. The van der Waals surface area contributed by atoms with E-state index in [2.05, 4.69) is 97.6 Å². The van der Waals surface area contributed by atoms with E-state index in [-0.39, 0.29) is 6.23 Å². The Labute approximate surface area is 157 Å². The third-order valence-electron chi connectivity index (χ3n) is 4.55. The van der Waals surface area contributed by atoms with Crippen molar-refractivity contribution < 1.29 is 4.74 Å². The van der Waals surface area contributed by atoms with Crippen molar-refractivity contribution >= 4 is 5.69 Å². The largest absolute Gasteiger partial charge is 0.471 e. The minimum Gasteiger partial charge on any atom is -0.471 e. The van der Waals surface area contributed by atoms with Gasteiger partial charge in [0.1, 0.15) is 5.75 Å². The first-order chi connectivity index (χ1) is 12.8.